The number of carbonyl (C=O) groups is 1. The molecule has 2 fully saturated rings. The smallest absolute Gasteiger partial charge is 0.248 e. The predicted molar refractivity (Wildman–Crippen MR) is 72.9 cm³/mol. The first kappa shape index (κ1) is 13.0. The van der Waals surface area contributed by atoms with Gasteiger partial charge in [-0.2, -0.15) is 0 Å². The largest absolute Gasteiger partial charge is 0.363 e. The van der Waals surface area contributed by atoms with Crippen molar-refractivity contribution in [2.45, 2.75) is 25.0 Å². The second-order valence-corrected chi connectivity index (χ2v) is 6.40. The number of hydrogen-bond donors (Lipinski definition) is 0. The number of nitrogens with zero attached hydrogens (tertiary/aromatic N) is 3. The zero-order valence-electron chi connectivity index (χ0n) is 11.2. The lowest BCUT2D eigenvalue weighted by Gasteiger charge is -2.46. The van der Waals surface area contributed by atoms with Gasteiger partial charge in [-0.25, -0.2) is 4.98 Å². The highest BCUT2D eigenvalue weighted by atomic mass is 32.1. The summed E-state index contributed by atoms with van der Waals surface area (Å²) in [5.74, 6) is 0.0934. The van der Waals surface area contributed by atoms with Crippen LogP contribution in [-0.4, -0.2) is 59.6 Å². The second kappa shape index (κ2) is 5.19. The van der Waals surface area contributed by atoms with Crippen LogP contribution in [0.3, 0.4) is 0 Å². The number of morpholine rings is 1. The first-order valence-corrected chi connectivity index (χ1v) is 7.54. The average molecular weight is 281 g/mol. The Balaban J connectivity index is 1.55. The van der Waals surface area contributed by atoms with E-state index in [1.165, 1.54) is 5.01 Å². The maximum absolute atomic E-state index is 11.5. The van der Waals surface area contributed by atoms with Gasteiger partial charge in [-0.05, 0) is 12.8 Å². The van der Waals surface area contributed by atoms with Gasteiger partial charge in [-0.3, -0.25) is 9.69 Å². The summed E-state index contributed by atoms with van der Waals surface area (Å²) in [6.07, 6.45) is 3.85. The summed E-state index contributed by atoms with van der Waals surface area (Å²) in [5.41, 5.74) is -0.109. The molecule has 0 aliphatic carbocycles. The maximum atomic E-state index is 11.5. The van der Waals surface area contributed by atoms with Crippen LogP contribution < -0.4 is 0 Å². The summed E-state index contributed by atoms with van der Waals surface area (Å²) in [4.78, 5) is 20.0. The van der Waals surface area contributed by atoms with Gasteiger partial charge < -0.3 is 9.64 Å². The number of likely N-dealkylation sites (N-methyl/N-ethyl adjacent to an activating group) is 1. The third-order valence-corrected chi connectivity index (χ3v) is 4.83. The molecule has 1 spiro atoms. The summed E-state index contributed by atoms with van der Waals surface area (Å²) in [5, 5.41) is 3.19. The van der Waals surface area contributed by atoms with Gasteiger partial charge in [0.25, 0.3) is 0 Å². The van der Waals surface area contributed by atoms with Crippen LogP contribution in [0.1, 0.15) is 17.8 Å². The third-order valence-electron chi connectivity index (χ3n) is 4.06. The van der Waals surface area contributed by atoms with E-state index in [1.54, 1.807) is 16.2 Å². The summed E-state index contributed by atoms with van der Waals surface area (Å²) < 4.78 is 5.84. The molecular formula is C13H19N3O2S. The Kier molecular flexibility index (Phi) is 3.56. The van der Waals surface area contributed by atoms with Crippen molar-refractivity contribution >= 4 is 17.2 Å². The van der Waals surface area contributed by atoms with E-state index < -0.39 is 0 Å². The van der Waals surface area contributed by atoms with Gasteiger partial charge in [0, 0.05) is 38.3 Å². The molecule has 0 unspecified atom stereocenters. The van der Waals surface area contributed by atoms with E-state index in [2.05, 4.69) is 9.88 Å². The Morgan fingerprint density at radius 1 is 1.47 bits per heavy atom. The van der Waals surface area contributed by atoms with Crippen molar-refractivity contribution in [3.8, 4) is 0 Å². The summed E-state index contributed by atoms with van der Waals surface area (Å²) in [7, 11) is 1.87. The topological polar surface area (TPSA) is 45.7 Å². The summed E-state index contributed by atoms with van der Waals surface area (Å²) in [6.45, 7) is 3.94. The number of ether oxygens (including phenoxy) is 1. The number of amides is 1. The molecule has 2 aliphatic rings. The Bertz CT molecular complexity index is 441. The van der Waals surface area contributed by atoms with Crippen molar-refractivity contribution in [2.75, 3.05) is 33.3 Å². The highest BCUT2D eigenvalue weighted by Gasteiger charge is 2.41. The first-order chi connectivity index (χ1) is 9.17. The van der Waals surface area contributed by atoms with Crippen LogP contribution in [0, 0.1) is 0 Å². The second-order valence-electron chi connectivity index (χ2n) is 5.42. The monoisotopic (exact) mass is 281 g/mol. The predicted octanol–water partition coefficient (Wildman–Crippen LogP) is 0.966. The van der Waals surface area contributed by atoms with Gasteiger partial charge >= 0.3 is 0 Å². The lowest BCUT2D eigenvalue weighted by atomic mass is 9.89. The van der Waals surface area contributed by atoms with Crippen LogP contribution in [-0.2, 0) is 16.1 Å². The minimum atomic E-state index is -0.109. The minimum absolute atomic E-state index is 0.0934. The Morgan fingerprint density at radius 3 is 2.89 bits per heavy atom. The average Bonchev–Trinajstić information content (AvgIpc) is 2.91. The van der Waals surface area contributed by atoms with Crippen molar-refractivity contribution < 1.29 is 9.53 Å². The molecule has 0 bridgehead atoms. The molecule has 2 saturated heterocycles. The molecule has 0 saturated carbocycles. The zero-order valence-corrected chi connectivity index (χ0v) is 12.0. The van der Waals surface area contributed by atoms with Crippen LogP contribution in [0.5, 0.6) is 0 Å². The van der Waals surface area contributed by atoms with E-state index in [4.69, 9.17) is 4.74 Å². The molecule has 0 atom stereocenters. The van der Waals surface area contributed by atoms with Crippen LogP contribution in [0.25, 0.3) is 0 Å². The van der Waals surface area contributed by atoms with E-state index in [0.717, 1.165) is 39.0 Å². The van der Waals surface area contributed by atoms with Crippen molar-refractivity contribution in [3.63, 3.8) is 0 Å². The van der Waals surface area contributed by atoms with E-state index in [0.29, 0.717) is 0 Å². The summed E-state index contributed by atoms with van der Waals surface area (Å²) in [6, 6.07) is 0. The SMILES string of the molecule is CN1CC2(CCN(Cc3nccs3)CC2)OCC1=O. The van der Waals surface area contributed by atoms with Crippen LogP contribution >= 0.6 is 11.3 Å². The Hall–Kier alpha value is -0.980. The molecule has 19 heavy (non-hydrogen) atoms. The maximum Gasteiger partial charge on any atom is 0.248 e. The molecule has 1 amide bonds. The first-order valence-electron chi connectivity index (χ1n) is 6.66. The molecule has 0 radical (unpaired) electrons. The van der Waals surface area contributed by atoms with E-state index in [9.17, 15) is 4.79 Å². The normalized spacial score (nSPS) is 24.1. The molecule has 104 valence electrons. The number of aromatic nitrogens is 1. The number of rotatable bonds is 2. The minimum Gasteiger partial charge on any atom is -0.363 e. The van der Waals surface area contributed by atoms with E-state index in [-0.39, 0.29) is 18.1 Å². The number of thiazole rings is 1. The van der Waals surface area contributed by atoms with Gasteiger partial charge in [0.2, 0.25) is 5.91 Å². The van der Waals surface area contributed by atoms with Crippen molar-refractivity contribution in [1.82, 2.24) is 14.8 Å². The van der Waals surface area contributed by atoms with Gasteiger partial charge in [0.1, 0.15) is 11.6 Å². The van der Waals surface area contributed by atoms with Gasteiger partial charge in [0.15, 0.2) is 0 Å². The molecule has 3 rings (SSSR count). The van der Waals surface area contributed by atoms with Gasteiger partial charge in [0.05, 0.1) is 12.1 Å². The molecule has 5 nitrogen and oxygen atoms in total. The molecule has 2 aliphatic heterocycles. The standard InChI is InChI=1S/C13H19N3O2S/c1-15-10-13(18-9-12(15)17)2-5-16(6-3-13)8-11-14-4-7-19-11/h4,7H,2-3,5-6,8-10H2,1H3. The van der Waals surface area contributed by atoms with E-state index >= 15 is 0 Å². The molecule has 1 aromatic heterocycles. The van der Waals surface area contributed by atoms with Crippen molar-refractivity contribution in [2.24, 2.45) is 0 Å². The van der Waals surface area contributed by atoms with Gasteiger partial charge in [-0.15, -0.1) is 11.3 Å². The molecule has 1 aromatic rings. The quantitative estimate of drug-likeness (QED) is 0.810. The summed E-state index contributed by atoms with van der Waals surface area (Å²) >= 11 is 1.71. The Morgan fingerprint density at radius 2 is 2.26 bits per heavy atom. The Labute approximate surface area is 117 Å². The molecule has 6 heteroatoms. The van der Waals surface area contributed by atoms with Crippen LogP contribution in [0.15, 0.2) is 11.6 Å². The fraction of sp³-hybridized carbons (Fsp3) is 0.692. The fourth-order valence-electron chi connectivity index (χ4n) is 2.83. The number of carbonyl (C=O) groups excluding carboxylic acids is 1. The lowest BCUT2D eigenvalue weighted by Crippen LogP contribution is -2.57. The molecule has 3 heterocycles. The third kappa shape index (κ3) is 2.80. The van der Waals surface area contributed by atoms with Crippen LogP contribution in [0.4, 0.5) is 0 Å². The molecular weight excluding hydrogens is 262 g/mol. The van der Waals surface area contributed by atoms with Crippen LogP contribution in [0.2, 0.25) is 0 Å². The molecule has 0 N–H and O–H groups in total. The van der Waals surface area contributed by atoms with E-state index in [1.807, 2.05) is 18.6 Å². The number of hydrogen-bond acceptors (Lipinski definition) is 5. The lowest BCUT2D eigenvalue weighted by molar-refractivity contribution is -0.169. The van der Waals surface area contributed by atoms with Crippen molar-refractivity contribution in [3.05, 3.63) is 16.6 Å². The fourth-order valence-corrected chi connectivity index (χ4v) is 3.49. The number of piperidine rings is 1. The van der Waals surface area contributed by atoms with Gasteiger partial charge in [-0.1, -0.05) is 0 Å². The highest BCUT2D eigenvalue weighted by Crippen LogP contribution is 2.30. The van der Waals surface area contributed by atoms with Crippen molar-refractivity contribution in [1.29, 1.82) is 0 Å². The number of likely N-dealkylation sites (tertiary alicyclic amines) is 1. The zero-order chi connectivity index (χ0) is 13.3. The molecule has 0 aromatic carbocycles. The highest BCUT2D eigenvalue weighted by molar-refractivity contribution is 7.09.